The molecule has 2 rings (SSSR count). The van der Waals surface area contributed by atoms with Crippen LogP contribution in [0.5, 0.6) is 0 Å². The first-order valence-corrected chi connectivity index (χ1v) is 6.98. The minimum Gasteiger partial charge on any atom is -0.399 e. The Morgan fingerprint density at radius 2 is 1.75 bits per heavy atom. The number of carbonyl (C=O) groups is 1. The molecule has 104 valence electrons. The molecule has 0 saturated carbocycles. The summed E-state index contributed by atoms with van der Waals surface area (Å²) in [6, 6.07) is 6.58. The van der Waals surface area contributed by atoms with E-state index in [4.69, 9.17) is 5.73 Å². The van der Waals surface area contributed by atoms with Gasteiger partial charge in [-0.3, -0.25) is 4.79 Å². The minimum atomic E-state index is -1.19. The number of benzene rings is 2. The first-order chi connectivity index (χ1) is 9.40. The number of hydrogen-bond donors (Lipinski definition) is 2. The monoisotopic (exact) mass is 404 g/mol. The molecular weight excluding hydrogens is 398 g/mol. The molecule has 0 aliphatic rings. The molecule has 3 N–H and O–H groups in total. The van der Waals surface area contributed by atoms with Gasteiger partial charge < -0.3 is 11.1 Å². The number of nitrogens with two attached hydrogens (primary N) is 1. The van der Waals surface area contributed by atoms with Crippen LogP contribution in [0.4, 0.5) is 20.2 Å². The summed E-state index contributed by atoms with van der Waals surface area (Å²) in [5.41, 5.74) is 6.12. The van der Waals surface area contributed by atoms with E-state index in [1.807, 2.05) is 0 Å². The van der Waals surface area contributed by atoms with Crippen molar-refractivity contribution < 1.29 is 13.6 Å². The van der Waals surface area contributed by atoms with Crippen LogP contribution in [-0.2, 0) is 0 Å². The molecule has 0 aromatic heterocycles. The average Bonchev–Trinajstić information content (AvgIpc) is 2.36. The maximum absolute atomic E-state index is 13.5. The third kappa shape index (κ3) is 2.99. The van der Waals surface area contributed by atoms with Gasteiger partial charge in [0.1, 0.15) is 0 Å². The van der Waals surface area contributed by atoms with Gasteiger partial charge in [-0.15, -0.1) is 0 Å². The largest absolute Gasteiger partial charge is 0.399 e. The van der Waals surface area contributed by atoms with Crippen LogP contribution in [0.25, 0.3) is 0 Å². The molecule has 0 heterocycles. The fourth-order valence-corrected chi connectivity index (χ4v) is 2.99. The smallest absolute Gasteiger partial charge is 0.258 e. The van der Waals surface area contributed by atoms with Gasteiger partial charge in [0, 0.05) is 14.6 Å². The van der Waals surface area contributed by atoms with Crippen LogP contribution in [0.15, 0.2) is 39.3 Å². The zero-order valence-corrected chi connectivity index (χ0v) is 13.1. The molecule has 2 aromatic rings. The third-order valence-electron chi connectivity index (χ3n) is 2.50. The van der Waals surface area contributed by atoms with Gasteiger partial charge in [0.15, 0.2) is 11.6 Å². The van der Waals surface area contributed by atoms with Crippen molar-refractivity contribution >= 4 is 49.1 Å². The fourth-order valence-electron chi connectivity index (χ4n) is 1.57. The van der Waals surface area contributed by atoms with E-state index >= 15 is 0 Å². The molecule has 0 aliphatic carbocycles. The van der Waals surface area contributed by atoms with Crippen molar-refractivity contribution in [1.29, 1.82) is 0 Å². The Labute approximate surface area is 130 Å². The van der Waals surface area contributed by atoms with Gasteiger partial charge in [-0.2, -0.15) is 0 Å². The van der Waals surface area contributed by atoms with Crippen LogP contribution in [-0.4, -0.2) is 5.91 Å². The molecule has 0 atom stereocenters. The first-order valence-electron chi connectivity index (χ1n) is 5.40. The van der Waals surface area contributed by atoms with Crippen molar-refractivity contribution in [3.63, 3.8) is 0 Å². The van der Waals surface area contributed by atoms with E-state index < -0.39 is 17.5 Å². The number of amides is 1. The highest BCUT2D eigenvalue weighted by atomic mass is 79.9. The minimum absolute atomic E-state index is 0.374. The summed E-state index contributed by atoms with van der Waals surface area (Å²) in [4.78, 5) is 12.0. The van der Waals surface area contributed by atoms with E-state index in [0.717, 1.165) is 6.07 Å². The molecule has 2 aromatic carbocycles. The zero-order valence-electron chi connectivity index (χ0n) is 9.88. The molecule has 1 amide bonds. The second-order valence-electron chi connectivity index (χ2n) is 3.92. The molecule has 0 saturated heterocycles. The first kappa shape index (κ1) is 14.9. The third-order valence-corrected chi connectivity index (χ3v) is 3.75. The summed E-state index contributed by atoms with van der Waals surface area (Å²) in [5.74, 6) is -3.02. The van der Waals surface area contributed by atoms with Gasteiger partial charge in [0.05, 0.1) is 11.3 Å². The quantitative estimate of drug-likeness (QED) is 0.731. The van der Waals surface area contributed by atoms with Gasteiger partial charge in [0.25, 0.3) is 5.91 Å². The number of rotatable bonds is 2. The normalized spacial score (nSPS) is 10.4. The van der Waals surface area contributed by atoms with Crippen molar-refractivity contribution in [2.45, 2.75) is 0 Å². The van der Waals surface area contributed by atoms with Gasteiger partial charge in [-0.25, -0.2) is 8.78 Å². The highest BCUT2D eigenvalue weighted by Crippen LogP contribution is 2.33. The SMILES string of the molecule is Nc1cc(Br)c(NC(=O)c2cccc(F)c2F)c(Br)c1. The topological polar surface area (TPSA) is 55.1 Å². The molecule has 0 radical (unpaired) electrons. The maximum Gasteiger partial charge on any atom is 0.258 e. The molecule has 20 heavy (non-hydrogen) atoms. The molecule has 0 fully saturated rings. The van der Waals surface area contributed by atoms with Gasteiger partial charge >= 0.3 is 0 Å². The van der Waals surface area contributed by atoms with Gasteiger partial charge in [-0.1, -0.05) is 6.07 Å². The summed E-state index contributed by atoms with van der Waals surface area (Å²) in [5, 5.41) is 2.50. The summed E-state index contributed by atoms with van der Waals surface area (Å²) >= 11 is 6.48. The van der Waals surface area contributed by atoms with Crippen LogP contribution < -0.4 is 11.1 Å². The number of halogens is 4. The summed E-state index contributed by atoms with van der Waals surface area (Å²) in [6.45, 7) is 0. The lowest BCUT2D eigenvalue weighted by Crippen LogP contribution is -2.15. The molecule has 0 unspecified atom stereocenters. The Bertz CT molecular complexity index is 669. The van der Waals surface area contributed by atoms with Crippen LogP contribution >= 0.6 is 31.9 Å². The lowest BCUT2D eigenvalue weighted by molar-refractivity contribution is 0.102. The highest BCUT2D eigenvalue weighted by Gasteiger charge is 2.17. The van der Waals surface area contributed by atoms with Crippen molar-refractivity contribution in [2.75, 3.05) is 11.1 Å². The van der Waals surface area contributed by atoms with Gasteiger partial charge in [-0.05, 0) is 56.1 Å². The lowest BCUT2D eigenvalue weighted by Gasteiger charge is -2.11. The van der Waals surface area contributed by atoms with E-state index in [-0.39, 0.29) is 5.56 Å². The zero-order chi connectivity index (χ0) is 14.9. The number of carbonyl (C=O) groups excluding carboxylic acids is 1. The second kappa shape index (κ2) is 5.88. The van der Waals surface area contributed by atoms with Crippen LogP contribution in [0.3, 0.4) is 0 Å². The molecule has 0 spiro atoms. The standard InChI is InChI=1S/C13H8Br2F2N2O/c14-8-4-6(18)5-9(15)12(8)19-13(20)7-2-1-3-10(16)11(7)17/h1-5H,18H2,(H,19,20). The van der Waals surface area contributed by atoms with Crippen LogP contribution in [0, 0.1) is 11.6 Å². The lowest BCUT2D eigenvalue weighted by atomic mass is 10.2. The van der Waals surface area contributed by atoms with Gasteiger partial charge in [0.2, 0.25) is 0 Å². The highest BCUT2D eigenvalue weighted by molar-refractivity contribution is 9.11. The molecule has 7 heteroatoms. The molecule has 3 nitrogen and oxygen atoms in total. The number of hydrogen-bond acceptors (Lipinski definition) is 2. The number of nitrogen functional groups attached to an aromatic ring is 1. The Hall–Kier alpha value is -1.47. The molecular formula is C13H8Br2F2N2O. The van der Waals surface area contributed by atoms with E-state index in [9.17, 15) is 13.6 Å². The van der Waals surface area contributed by atoms with Crippen molar-refractivity contribution in [3.8, 4) is 0 Å². The Balaban J connectivity index is 2.36. The predicted octanol–water partition coefficient (Wildman–Crippen LogP) is 4.32. The molecule has 0 bridgehead atoms. The molecule has 0 aliphatic heterocycles. The average molecular weight is 406 g/mol. The Kier molecular flexibility index (Phi) is 4.39. The summed E-state index contributed by atoms with van der Waals surface area (Å²) in [6.07, 6.45) is 0. The van der Waals surface area contributed by atoms with E-state index in [0.29, 0.717) is 20.3 Å². The van der Waals surface area contributed by atoms with Crippen molar-refractivity contribution in [1.82, 2.24) is 0 Å². The second-order valence-corrected chi connectivity index (χ2v) is 5.62. The Morgan fingerprint density at radius 1 is 1.15 bits per heavy atom. The summed E-state index contributed by atoms with van der Waals surface area (Å²) < 4.78 is 27.7. The van der Waals surface area contributed by atoms with Crippen molar-refractivity contribution in [2.24, 2.45) is 0 Å². The number of nitrogens with one attached hydrogen (secondary N) is 1. The number of anilines is 2. The van der Waals surface area contributed by atoms with E-state index in [1.54, 1.807) is 12.1 Å². The fraction of sp³-hybridized carbons (Fsp3) is 0. The van der Waals surface area contributed by atoms with E-state index in [2.05, 4.69) is 37.2 Å². The predicted molar refractivity (Wildman–Crippen MR) is 80.6 cm³/mol. The van der Waals surface area contributed by atoms with E-state index in [1.165, 1.54) is 12.1 Å². The summed E-state index contributed by atoms with van der Waals surface area (Å²) in [7, 11) is 0. The Morgan fingerprint density at radius 3 is 2.35 bits per heavy atom. The van der Waals surface area contributed by atoms with Crippen molar-refractivity contribution in [3.05, 3.63) is 56.5 Å². The van der Waals surface area contributed by atoms with Crippen LogP contribution in [0.2, 0.25) is 0 Å². The van der Waals surface area contributed by atoms with Crippen LogP contribution in [0.1, 0.15) is 10.4 Å². The maximum atomic E-state index is 13.5.